The van der Waals surface area contributed by atoms with E-state index in [4.69, 9.17) is 9.72 Å². The first-order valence-electron chi connectivity index (χ1n) is 12.7. The normalized spacial score (nSPS) is 17.1. The van der Waals surface area contributed by atoms with E-state index in [1.165, 1.54) is 50.4 Å². The van der Waals surface area contributed by atoms with Crippen molar-refractivity contribution in [2.24, 2.45) is 0 Å². The van der Waals surface area contributed by atoms with Gasteiger partial charge in [0.25, 0.3) is 5.91 Å². The van der Waals surface area contributed by atoms with Gasteiger partial charge in [0, 0.05) is 50.3 Å². The van der Waals surface area contributed by atoms with Gasteiger partial charge in [0.05, 0.1) is 0 Å². The predicted octanol–water partition coefficient (Wildman–Crippen LogP) is 5.44. The number of hydrogen-bond acceptors (Lipinski definition) is 7. The fraction of sp³-hybridized carbons (Fsp3) is 0.393. The number of ether oxygens (including phenoxy) is 1. The Balaban J connectivity index is 1.32. The molecule has 0 radical (unpaired) electrons. The Bertz CT molecular complexity index is 1180. The molecule has 8 heteroatoms. The van der Waals surface area contributed by atoms with Crippen molar-refractivity contribution in [2.45, 2.75) is 45.1 Å². The van der Waals surface area contributed by atoms with Crippen molar-refractivity contribution in [3.8, 4) is 17.0 Å². The van der Waals surface area contributed by atoms with Gasteiger partial charge >= 0.3 is 5.97 Å². The van der Waals surface area contributed by atoms with Crippen molar-refractivity contribution in [3.05, 3.63) is 60.2 Å². The van der Waals surface area contributed by atoms with Crippen LogP contribution in [-0.2, 0) is 4.79 Å². The topological polar surface area (TPSA) is 74.8 Å². The number of aromatic nitrogens is 1. The van der Waals surface area contributed by atoms with Crippen LogP contribution in [0, 0.1) is 0 Å². The quantitative estimate of drug-likeness (QED) is 0.356. The first kappa shape index (κ1) is 24.5. The van der Waals surface area contributed by atoms with Crippen molar-refractivity contribution in [2.75, 3.05) is 36.4 Å². The molecule has 3 aromatic rings. The van der Waals surface area contributed by atoms with Gasteiger partial charge in [-0.2, -0.15) is 0 Å². The van der Waals surface area contributed by atoms with Crippen LogP contribution < -0.4 is 15.0 Å². The number of carbonyl (C=O) groups is 2. The maximum Gasteiger partial charge on any atom is 0.308 e. The van der Waals surface area contributed by atoms with Crippen molar-refractivity contribution < 1.29 is 14.3 Å². The fourth-order valence-corrected chi connectivity index (χ4v) is 6.15. The molecule has 0 spiro atoms. The van der Waals surface area contributed by atoms with Crippen LogP contribution in [-0.4, -0.2) is 54.0 Å². The molecule has 0 unspecified atom stereocenters. The van der Waals surface area contributed by atoms with E-state index in [0.717, 1.165) is 48.5 Å². The summed E-state index contributed by atoms with van der Waals surface area (Å²) in [5.41, 5.74) is 2.43. The van der Waals surface area contributed by atoms with Crippen molar-refractivity contribution in [1.82, 2.24) is 9.88 Å². The highest BCUT2D eigenvalue weighted by Gasteiger charge is 2.28. The molecular weight excluding hydrogens is 472 g/mol. The van der Waals surface area contributed by atoms with Crippen LogP contribution >= 0.6 is 11.3 Å². The van der Waals surface area contributed by atoms with Crippen molar-refractivity contribution in [3.63, 3.8) is 0 Å². The molecule has 2 aliphatic rings. The minimum absolute atomic E-state index is 0.244. The van der Waals surface area contributed by atoms with Gasteiger partial charge in [0.1, 0.15) is 16.4 Å². The predicted molar refractivity (Wildman–Crippen MR) is 144 cm³/mol. The van der Waals surface area contributed by atoms with E-state index in [-0.39, 0.29) is 5.91 Å². The van der Waals surface area contributed by atoms with Gasteiger partial charge in [-0.3, -0.25) is 19.8 Å². The minimum atomic E-state index is -0.393. The molecular formula is C28H32N4O3S. The number of nitrogens with one attached hydrogen (secondary N) is 1. The second kappa shape index (κ2) is 11.2. The number of rotatable bonds is 6. The van der Waals surface area contributed by atoms with E-state index in [1.54, 1.807) is 24.3 Å². The summed E-state index contributed by atoms with van der Waals surface area (Å²) in [4.78, 5) is 34.0. The summed E-state index contributed by atoms with van der Waals surface area (Å²) in [6.07, 6.45) is 6.74. The van der Waals surface area contributed by atoms with E-state index in [9.17, 15) is 9.59 Å². The van der Waals surface area contributed by atoms with Gasteiger partial charge in [-0.1, -0.05) is 60.9 Å². The average Bonchev–Trinajstić information content (AvgIpc) is 3.33. The third-order valence-corrected chi connectivity index (χ3v) is 7.98. The van der Waals surface area contributed by atoms with Crippen molar-refractivity contribution in [1.29, 1.82) is 0 Å². The molecule has 188 valence electrons. The summed E-state index contributed by atoms with van der Waals surface area (Å²) in [6, 6.07) is 17.4. The number of nitrogens with zero attached hydrogens (tertiary/aromatic N) is 3. The van der Waals surface area contributed by atoms with E-state index in [1.807, 2.05) is 18.2 Å². The molecule has 7 nitrogen and oxygen atoms in total. The number of hydrogen-bond donors (Lipinski definition) is 1. The second-order valence-electron chi connectivity index (χ2n) is 9.43. The lowest BCUT2D eigenvalue weighted by atomic mass is 9.94. The lowest BCUT2D eigenvalue weighted by molar-refractivity contribution is -0.131. The SMILES string of the molecule is CC(=O)Oc1ccc(C(=O)Nc2nc(-c3ccccc3)c(N3CCN(C4CCCCC4)CC3)s2)cc1. The van der Waals surface area contributed by atoms with E-state index < -0.39 is 5.97 Å². The Morgan fingerprint density at radius 1 is 0.944 bits per heavy atom. The summed E-state index contributed by atoms with van der Waals surface area (Å²) in [7, 11) is 0. The highest BCUT2D eigenvalue weighted by atomic mass is 32.1. The van der Waals surface area contributed by atoms with Crippen LogP contribution in [0.25, 0.3) is 11.3 Å². The maximum atomic E-state index is 12.9. The summed E-state index contributed by atoms with van der Waals surface area (Å²) >= 11 is 1.53. The lowest BCUT2D eigenvalue weighted by Crippen LogP contribution is -2.50. The molecule has 1 aliphatic carbocycles. The molecule has 1 aliphatic heterocycles. The van der Waals surface area contributed by atoms with Gasteiger partial charge in [0.2, 0.25) is 0 Å². The number of esters is 1. The largest absolute Gasteiger partial charge is 0.427 e. The van der Waals surface area contributed by atoms with E-state index in [2.05, 4.69) is 27.2 Å². The zero-order chi connectivity index (χ0) is 24.9. The molecule has 2 aromatic carbocycles. The minimum Gasteiger partial charge on any atom is -0.427 e. The molecule has 0 bridgehead atoms. The monoisotopic (exact) mass is 504 g/mol. The van der Waals surface area contributed by atoms with Crippen LogP contribution in [0.1, 0.15) is 49.4 Å². The Labute approximate surface area is 216 Å². The number of thiazole rings is 1. The molecule has 1 amide bonds. The lowest BCUT2D eigenvalue weighted by Gasteiger charge is -2.41. The van der Waals surface area contributed by atoms with Crippen LogP contribution in [0.15, 0.2) is 54.6 Å². The number of anilines is 2. The van der Waals surface area contributed by atoms with Gasteiger partial charge in [-0.15, -0.1) is 0 Å². The van der Waals surface area contributed by atoms with Crippen LogP contribution in [0.4, 0.5) is 10.1 Å². The Kier molecular flexibility index (Phi) is 7.63. The van der Waals surface area contributed by atoms with E-state index >= 15 is 0 Å². The first-order valence-corrected chi connectivity index (χ1v) is 13.5. The molecule has 2 fully saturated rings. The Morgan fingerprint density at radius 2 is 1.64 bits per heavy atom. The Hall–Kier alpha value is -3.23. The average molecular weight is 505 g/mol. The highest BCUT2D eigenvalue weighted by Crippen LogP contribution is 2.39. The molecule has 2 heterocycles. The number of piperazine rings is 1. The van der Waals surface area contributed by atoms with Gasteiger partial charge in [-0.05, 0) is 37.1 Å². The molecule has 36 heavy (non-hydrogen) atoms. The smallest absolute Gasteiger partial charge is 0.308 e. The summed E-state index contributed by atoms with van der Waals surface area (Å²) in [5, 5.41) is 4.65. The molecule has 0 atom stereocenters. The number of amides is 1. The zero-order valence-electron chi connectivity index (χ0n) is 20.6. The molecule has 1 N–H and O–H groups in total. The molecule has 5 rings (SSSR count). The van der Waals surface area contributed by atoms with Crippen molar-refractivity contribution >= 4 is 33.3 Å². The van der Waals surface area contributed by atoms with Gasteiger partial charge in [-0.25, -0.2) is 4.98 Å². The van der Waals surface area contributed by atoms with Crippen LogP contribution in [0.3, 0.4) is 0 Å². The third-order valence-electron chi connectivity index (χ3n) is 6.95. The van der Waals surface area contributed by atoms with Gasteiger partial charge in [0.15, 0.2) is 5.13 Å². The molecule has 1 saturated heterocycles. The van der Waals surface area contributed by atoms with E-state index in [0.29, 0.717) is 16.4 Å². The zero-order valence-corrected chi connectivity index (χ0v) is 21.4. The van der Waals surface area contributed by atoms with Crippen LogP contribution in [0.5, 0.6) is 5.75 Å². The standard InChI is InChI=1S/C28H32N4O3S/c1-20(33)35-24-14-12-22(13-15-24)26(34)30-28-29-25(21-8-4-2-5-9-21)27(36-28)32-18-16-31(17-19-32)23-10-6-3-7-11-23/h2,4-5,8-9,12-15,23H,3,6-7,10-11,16-19H2,1H3,(H,29,30,34). The summed E-state index contributed by atoms with van der Waals surface area (Å²) in [5.74, 6) is -0.226. The third kappa shape index (κ3) is 5.77. The summed E-state index contributed by atoms with van der Waals surface area (Å²) in [6.45, 7) is 5.40. The number of carbonyl (C=O) groups excluding carboxylic acids is 2. The number of benzene rings is 2. The van der Waals surface area contributed by atoms with Crippen LogP contribution in [0.2, 0.25) is 0 Å². The maximum absolute atomic E-state index is 12.9. The Morgan fingerprint density at radius 3 is 2.31 bits per heavy atom. The second-order valence-corrected chi connectivity index (χ2v) is 10.4. The summed E-state index contributed by atoms with van der Waals surface area (Å²) < 4.78 is 5.06. The molecule has 1 saturated carbocycles. The van der Waals surface area contributed by atoms with Gasteiger partial charge < -0.3 is 9.64 Å². The molecule has 1 aromatic heterocycles. The highest BCUT2D eigenvalue weighted by molar-refractivity contribution is 7.20. The first-order chi connectivity index (χ1) is 17.6. The fourth-order valence-electron chi connectivity index (χ4n) is 5.11.